The van der Waals surface area contributed by atoms with Gasteiger partial charge in [0.1, 0.15) is 18.0 Å². The third-order valence-electron chi connectivity index (χ3n) is 4.84. The van der Waals surface area contributed by atoms with Crippen LogP contribution in [0.5, 0.6) is 0 Å². The van der Waals surface area contributed by atoms with E-state index in [1.54, 1.807) is 10.3 Å². The normalized spacial score (nSPS) is 16.3. The molecule has 156 valence electrons. The van der Waals surface area contributed by atoms with Crippen LogP contribution in [0.25, 0.3) is 0 Å². The molecule has 0 unspecified atom stereocenters. The molecule has 7 nitrogen and oxygen atoms in total. The SMILES string of the molecule is C=CC(=NO)c1csc(C2CCN(C(=O)Cn3nc(C(F)(F)F)cc3C)CC2)n1. The molecule has 0 radical (unpaired) electrons. The Labute approximate surface area is 169 Å². The monoisotopic (exact) mass is 427 g/mol. The topological polar surface area (TPSA) is 83.6 Å². The zero-order chi connectivity index (χ0) is 21.2. The maximum atomic E-state index is 12.8. The largest absolute Gasteiger partial charge is 0.435 e. The lowest BCUT2D eigenvalue weighted by atomic mass is 9.97. The molecule has 0 aliphatic carbocycles. The first-order valence-corrected chi connectivity index (χ1v) is 9.80. The molecule has 2 aromatic heterocycles. The Morgan fingerprint density at radius 1 is 1.45 bits per heavy atom. The molecule has 2 aromatic rings. The van der Waals surface area contributed by atoms with E-state index < -0.39 is 11.9 Å². The maximum Gasteiger partial charge on any atom is 0.435 e. The van der Waals surface area contributed by atoms with E-state index >= 15 is 0 Å². The van der Waals surface area contributed by atoms with Gasteiger partial charge in [-0.3, -0.25) is 9.48 Å². The molecule has 1 aliphatic heterocycles. The van der Waals surface area contributed by atoms with Crippen LogP contribution in [0, 0.1) is 6.92 Å². The Hall–Kier alpha value is -2.69. The number of allylic oxidation sites excluding steroid dienone is 1. The molecule has 1 amide bonds. The molecule has 0 bridgehead atoms. The summed E-state index contributed by atoms with van der Waals surface area (Å²) in [5, 5.41) is 18.3. The first-order chi connectivity index (χ1) is 13.7. The van der Waals surface area contributed by atoms with Crippen molar-refractivity contribution in [1.82, 2.24) is 19.7 Å². The molecule has 3 rings (SSSR count). The summed E-state index contributed by atoms with van der Waals surface area (Å²) >= 11 is 1.46. The molecule has 0 atom stereocenters. The minimum atomic E-state index is -4.53. The zero-order valence-electron chi connectivity index (χ0n) is 15.7. The van der Waals surface area contributed by atoms with Gasteiger partial charge < -0.3 is 10.1 Å². The number of alkyl halides is 3. The molecule has 1 fully saturated rings. The number of nitrogens with zero attached hydrogens (tertiary/aromatic N) is 5. The summed E-state index contributed by atoms with van der Waals surface area (Å²) in [5.74, 6) is -0.0876. The van der Waals surface area contributed by atoms with Crippen molar-refractivity contribution >= 4 is 23.0 Å². The van der Waals surface area contributed by atoms with E-state index in [4.69, 9.17) is 5.21 Å². The lowest BCUT2D eigenvalue weighted by molar-refractivity contribution is -0.142. The number of carbonyl (C=O) groups is 1. The summed E-state index contributed by atoms with van der Waals surface area (Å²) in [6.45, 7) is 5.84. The fourth-order valence-corrected chi connectivity index (χ4v) is 4.19. The summed E-state index contributed by atoms with van der Waals surface area (Å²) in [7, 11) is 0. The molecular weight excluding hydrogens is 407 g/mol. The average molecular weight is 427 g/mol. The molecule has 0 aromatic carbocycles. The molecule has 1 saturated heterocycles. The predicted molar refractivity (Wildman–Crippen MR) is 101 cm³/mol. The van der Waals surface area contributed by atoms with E-state index in [2.05, 4.69) is 21.8 Å². The van der Waals surface area contributed by atoms with Crippen LogP contribution >= 0.6 is 11.3 Å². The summed E-state index contributed by atoms with van der Waals surface area (Å²) in [6, 6.07) is 0.937. The van der Waals surface area contributed by atoms with E-state index in [0.717, 1.165) is 15.8 Å². The van der Waals surface area contributed by atoms with Gasteiger partial charge in [-0.05, 0) is 31.9 Å². The number of oxime groups is 1. The summed E-state index contributed by atoms with van der Waals surface area (Å²) < 4.78 is 39.4. The van der Waals surface area contributed by atoms with Crippen LogP contribution in [0.4, 0.5) is 13.2 Å². The fraction of sp³-hybridized carbons (Fsp3) is 0.444. The Kier molecular flexibility index (Phi) is 6.06. The van der Waals surface area contributed by atoms with Crippen LogP contribution in [-0.4, -0.2) is 49.6 Å². The van der Waals surface area contributed by atoms with Gasteiger partial charge in [0.05, 0.1) is 5.01 Å². The van der Waals surface area contributed by atoms with Crippen LogP contribution in [0.3, 0.4) is 0 Å². The van der Waals surface area contributed by atoms with Crippen LogP contribution in [0.1, 0.15) is 40.8 Å². The number of aryl methyl sites for hydroxylation is 1. The third kappa shape index (κ3) is 4.66. The number of rotatable bonds is 5. The van der Waals surface area contributed by atoms with Gasteiger partial charge in [0.25, 0.3) is 0 Å². The Bertz CT molecular complexity index is 926. The lowest BCUT2D eigenvalue weighted by Crippen LogP contribution is -2.40. The van der Waals surface area contributed by atoms with Gasteiger partial charge in [0.15, 0.2) is 5.69 Å². The van der Waals surface area contributed by atoms with Crippen molar-refractivity contribution in [2.24, 2.45) is 5.16 Å². The minimum absolute atomic E-state index is 0.172. The number of aromatic nitrogens is 3. The number of hydrogen-bond donors (Lipinski definition) is 1. The number of piperidine rings is 1. The highest BCUT2D eigenvalue weighted by molar-refractivity contribution is 7.10. The lowest BCUT2D eigenvalue weighted by Gasteiger charge is -2.31. The quantitative estimate of drug-likeness (QED) is 0.450. The van der Waals surface area contributed by atoms with Crippen molar-refractivity contribution in [2.75, 3.05) is 13.1 Å². The highest BCUT2D eigenvalue weighted by Gasteiger charge is 2.35. The second-order valence-corrected chi connectivity index (χ2v) is 7.63. The second kappa shape index (κ2) is 8.36. The van der Waals surface area contributed by atoms with Gasteiger partial charge in [-0.25, -0.2) is 4.98 Å². The molecule has 0 spiro atoms. The molecule has 11 heteroatoms. The van der Waals surface area contributed by atoms with Crippen molar-refractivity contribution in [1.29, 1.82) is 0 Å². The molecule has 29 heavy (non-hydrogen) atoms. The average Bonchev–Trinajstić information content (AvgIpc) is 3.30. The van der Waals surface area contributed by atoms with Crippen LogP contribution < -0.4 is 0 Å². The van der Waals surface area contributed by atoms with Crippen molar-refractivity contribution in [2.45, 2.75) is 38.4 Å². The fourth-order valence-electron chi connectivity index (χ4n) is 3.20. The van der Waals surface area contributed by atoms with Crippen LogP contribution in [-0.2, 0) is 17.5 Å². The smallest absolute Gasteiger partial charge is 0.410 e. The van der Waals surface area contributed by atoms with Gasteiger partial charge in [-0.1, -0.05) is 11.7 Å². The van der Waals surface area contributed by atoms with Crippen molar-refractivity contribution in [3.05, 3.63) is 46.2 Å². The van der Waals surface area contributed by atoms with E-state index in [-0.39, 0.29) is 18.4 Å². The van der Waals surface area contributed by atoms with Crippen molar-refractivity contribution in [3.63, 3.8) is 0 Å². The molecule has 1 aliphatic rings. The number of amides is 1. The standard InChI is InChI=1S/C18H20F3N5O2S/c1-3-13(24-28)14-10-29-17(22-14)12-4-6-25(7-5-12)16(27)9-26-11(2)8-15(23-26)18(19,20)21/h3,8,10,12,28H,1,4-7,9H2,2H3. The highest BCUT2D eigenvalue weighted by atomic mass is 32.1. The number of likely N-dealkylation sites (tertiary alicyclic amines) is 1. The number of carbonyl (C=O) groups excluding carboxylic acids is 1. The zero-order valence-corrected chi connectivity index (χ0v) is 16.5. The van der Waals surface area contributed by atoms with Crippen LogP contribution in [0.2, 0.25) is 0 Å². The van der Waals surface area contributed by atoms with Crippen molar-refractivity contribution in [3.8, 4) is 0 Å². The molecule has 1 N–H and O–H groups in total. The Morgan fingerprint density at radius 3 is 2.69 bits per heavy atom. The summed E-state index contributed by atoms with van der Waals surface area (Å²) in [5.41, 5.74) is 0.148. The van der Waals surface area contributed by atoms with E-state index in [0.29, 0.717) is 43.0 Å². The third-order valence-corrected chi connectivity index (χ3v) is 5.85. The van der Waals surface area contributed by atoms with Gasteiger partial charge in [0, 0.05) is 30.1 Å². The Balaban J connectivity index is 1.59. The van der Waals surface area contributed by atoms with Gasteiger partial charge in [-0.15, -0.1) is 11.3 Å². The highest BCUT2D eigenvalue weighted by Crippen LogP contribution is 2.31. The van der Waals surface area contributed by atoms with Crippen molar-refractivity contribution < 1.29 is 23.2 Å². The minimum Gasteiger partial charge on any atom is -0.410 e. The van der Waals surface area contributed by atoms with Gasteiger partial charge >= 0.3 is 6.18 Å². The summed E-state index contributed by atoms with van der Waals surface area (Å²) in [6.07, 6.45) is -1.72. The number of hydrogen-bond acceptors (Lipinski definition) is 6. The van der Waals surface area contributed by atoms with E-state index in [9.17, 15) is 18.0 Å². The van der Waals surface area contributed by atoms with Gasteiger partial charge in [-0.2, -0.15) is 18.3 Å². The summed E-state index contributed by atoms with van der Waals surface area (Å²) in [4.78, 5) is 18.6. The number of thiazole rings is 1. The maximum absolute atomic E-state index is 12.8. The first kappa shape index (κ1) is 21.0. The predicted octanol–water partition coefficient (Wildman–Crippen LogP) is 3.44. The number of halogens is 3. The second-order valence-electron chi connectivity index (χ2n) is 6.74. The molecule has 3 heterocycles. The first-order valence-electron chi connectivity index (χ1n) is 8.92. The van der Waals surface area contributed by atoms with E-state index in [1.165, 1.54) is 24.3 Å². The molecule has 0 saturated carbocycles. The van der Waals surface area contributed by atoms with E-state index in [1.807, 2.05) is 0 Å². The molecular formula is C18H20F3N5O2S. The Morgan fingerprint density at radius 2 is 2.14 bits per heavy atom. The van der Waals surface area contributed by atoms with Gasteiger partial charge in [0.2, 0.25) is 5.91 Å². The van der Waals surface area contributed by atoms with Crippen LogP contribution in [0.15, 0.2) is 29.3 Å².